The summed E-state index contributed by atoms with van der Waals surface area (Å²) in [6.45, 7) is 0.881. The van der Waals surface area contributed by atoms with Crippen LogP contribution in [0.5, 0.6) is 17.2 Å². The van der Waals surface area contributed by atoms with Crippen molar-refractivity contribution in [2.45, 2.75) is 6.42 Å². The summed E-state index contributed by atoms with van der Waals surface area (Å²) in [6.07, 6.45) is 0.894. The summed E-state index contributed by atoms with van der Waals surface area (Å²) in [5.74, 6) is 2.17. The lowest BCUT2D eigenvalue weighted by molar-refractivity contribution is 0.325. The topological polar surface area (TPSA) is 39.7 Å². The van der Waals surface area contributed by atoms with Gasteiger partial charge in [0.25, 0.3) is 0 Å². The van der Waals surface area contributed by atoms with Crippen molar-refractivity contribution in [3.8, 4) is 17.2 Å². The van der Waals surface area contributed by atoms with E-state index in [2.05, 4.69) is 35.6 Å². The molecule has 0 aromatic heterocycles. The summed E-state index contributed by atoms with van der Waals surface area (Å²) in [5, 5.41) is 8.10. The highest BCUT2D eigenvalue weighted by molar-refractivity contribution is 6.18. The van der Waals surface area contributed by atoms with Crippen LogP contribution in [0, 0.1) is 0 Å². The molecule has 0 fully saturated rings. The minimum absolute atomic E-state index is 0.668. The lowest BCUT2D eigenvalue weighted by atomic mass is 9.91. The summed E-state index contributed by atoms with van der Waals surface area (Å²) in [7, 11) is 5.02. The van der Waals surface area contributed by atoms with Crippen molar-refractivity contribution in [3.63, 3.8) is 0 Å². The lowest BCUT2D eigenvalue weighted by Crippen LogP contribution is -2.14. The average molecular weight is 309 g/mol. The Morgan fingerprint density at radius 1 is 0.870 bits per heavy atom. The third kappa shape index (κ3) is 1.84. The molecule has 0 atom stereocenters. The van der Waals surface area contributed by atoms with E-state index >= 15 is 0 Å². The second kappa shape index (κ2) is 5.23. The summed E-state index contributed by atoms with van der Waals surface area (Å²) in [6, 6.07) is 10.6. The number of benzene rings is 3. The number of hydrogen-bond acceptors (Lipinski definition) is 4. The molecule has 0 spiro atoms. The second-order valence-electron chi connectivity index (χ2n) is 5.65. The minimum atomic E-state index is 0.668. The van der Waals surface area contributed by atoms with Crippen molar-refractivity contribution in [2.24, 2.45) is 0 Å². The van der Waals surface area contributed by atoms with Crippen molar-refractivity contribution in [1.29, 1.82) is 0 Å². The molecule has 0 amide bonds. The van der Waals surface area contributed by atoms with Crippen LogP contribution >= 0.6 is 0 Å². The van der Waals surface area contributed by atoms with Crippen molar-refractivity contribution < 1.29 is 14.2 Å². The van der Waals surface area contributed by atoms with Gasteiger partial charge in [0.05, 0.1) is 21.3 Å². The van der Waals surface area contributed by atoms with Gasteiger partial charge in [0.1, 0.15) is 0 Å². The molecule has 0 unspecified atom stereocenters. The molecule has 118 valence electrons. The zero-order valence-electron chi connectivity index (χ0n) is 13.5. The largest absolute Gasteiger partial charge is 0.492 e. The van der Waals surface area contributed by atoms with Gasteiger partial charge in [-0.3, -0.25) is 0 Å². The molecule has 4 rings (SSSR count). The van der Waals surface area contributed by atoms with Crippen LogP contribution in [-0.2, 0) is 6.42 Å². The Balaban J connectivity index is 2.31. The molecule has 4 heteroatoms. The predicted molar refractivity (Wildman–Crippen MR) is 93.3 cm³/mol. The van der Waals surface area contributed by atoms with Crippen LogP contribution in [0.2, 0.25) is 0 Å². The van der Waals surface area contributed by atoms with E-state index in [0.29, 0.717) is 5.75 Å². The van der Waals surface area contributed by atoms with Crippen LogP contribution in [0.15, 0.2) is 30.3 Å². The van der Waals surface area contributed by atoms with Crippen molar-refractivity contribution in [2.75, 3.05) is 33.2 Å². The van der Waals surface area contributed by atoms with Gasteiger partial charge in [0.15, 0.2) is 11.5 Å². The maximum absolute atomic E-state index is 5.75. The van der Waals surface area contributed by atoms with Gasteiger partial charge in [-0.25, -0.2) is 0 Å². The molecule has 23 heavy (non-hydrogen) atoms. The smallest absolute Gasteiger partial charge is 0.204 e. The summed E-state index contributed by atoms with van der Waals surface area (Å²) in [4.78, 5) is 0. The SMILES string of the molecule is COc1c(OC)c(OC)c2c3c(cc4ccccc42)NCCc13. The quantitative estimate of drug-likeness (QED) is 0.743. The fourth-order valence-electron chi connectivity index (χ4n) is 3.66. The Kier molecular flexibility index (Phi) is 3.18. The van der Waals surface area contributed by atoms with Crippen molar-refractivity contribution >= 4 is 27.2 Å². The second-order valence-corrected chi connectivity index (χ2v) is 5.65. The van der Waals surface area contributed by atoms with Crippen molar-refractivity contribution in [3.05, 3.63) is 35.9 Å². The van der Waals surface area contributed by atoms with E-state index in [4.69, 9.17) is 14.2 Å². The third-order valence-corrected chi connectivity index (χ3v) is 4.57. The first-order chi connectivity index (χ1) is 11.3. The first-order valence-electron chi connectivity index (χ1n) is 7.70. The third-order valence-electron chi connectivity index (χ3n) is 4.57. The normalized spacial score (nSPS) is 13.0. The number of fused-ring (bicyclic) bond motifs is 2. The Bertz CT molecular complexity index is 918. The Morgan fingerprint density at radius 2 is 1.61 bits per heavy atom. The zero-order valence-corrected chi connectivity index (χ0v) is 13.5. The molecule has 4 nitrogen and oxygen atoms in total. The van der Waals surface area contributed by atoms with Gasteiger partial charge in [-0.2, -0.15) is 0 Å². The zero-order chi connectivity index (χ0) is 16.0. The van der Waals surface area contributed by atoms with Crippen LogP contribution in [0.4, 0.5) is 5.69 Å². The number of rotatable bonds is 3. The summed E-state index contributed by atoms with van der Waals surface area (Å²) in [5.41, 5.74) is 2.30. The van der Waals surface area contributed by atoms with Gasteiger partial charge < -0.3 is 19.5 Å². The highest BCUT2D eigenvalue weighted by Gasteiger charge is 2.27. The minimum Gasteiger partial charge on any atom is -0.492 e. The number of methoxy groups -OCH3 is 3. The van der Waals surface area contributed by atoms with Crippen LogP contribution in [0.25, 0.3) is 21.5 Å². The van der Waals surface area contributed by atoms with Crippen LogP contribution in [-0.4, -0.2) is 27.9 Å². The number of ether oxygens (including phenoxy) is 3. The van der Waals surface area contributed by atoms with E-state index in [1.54, 1.807) is 21.3 Å². The number of hydrogen-bond donors (Lipinski definition) is 1. The summed E-state index contributed by atoms with van der Waals surface area (Å²) < 4.78 is 17.1. The average Bonchev–Trinajstić information content (AvgIpc) is 2.60. The standard InChI is InChI=1S/C19H19NO3/c1-21-17-13-8-9-20-14-10-11-6-4-5-7-12(11)16(15(13)14)18(22-2)19(17)23-3/h4-7,10,20H,8-9H2,1-3H3. The molecule has 3 aromatic rings. The van der Waals surface area contributed by atoms with E-state index in [-0.39, 0.29) is 0 Å². The molecule has 1 aliphatic rings. The highest BCUT2D eigenvalue weighted by Crippen LogP contribution is 2.52. The van der Waals surface area contributed by atoms with E-state index in [0.717, 1.165) is 40.9 Å². The lowest BCUT2D eigenvalue weighted by Gasteiger charge is -2.26. The molecular weight excluding hydrogens is 290 g/mol. The fourth-order valence-corrected chi connectivity index (χ4v) is 3.66. The number of nitrogens with one attached hydrogen (secondary N) is 1. The van der Waals surface area contributed by atoms with E-state index in [1.807, 2.05) is 0 Å². The molecule has 0 saturated carbocycles. The Labute approximate surface area is 135 Å². The van der Waals surface area contributed by atoms with Crippen LogP contribution in [0.3, 0.4) is 0 Å². The van der Waals surface area contributed by atoms with E-state index in [9.17, 15) is 0 Å². The molecule has 1 aliphatic heterocycles. The van der Waals surface area contributed by atoms with Gasteiger partial charge >= 0.3 is 0 Å². The molecule has 1 heterocycles. The molecule has 1 N–H and O–H groups in total. The fraction of sp³-hybridized carbons (Fsp3) is 0.263. The molecule has 0 bridgehead atoms. The van der Waals surface area contributed by atoms with Gasteiger partial charge in [-0.1, -0.05) is 24.3 Å². The molecule has 0 aliphatic carbocycles. The molecule has 0 saturated heterocycles. The van der Waals surface area contributed by atoms with Gasteiger partial charge in [-0.05, 0) is 23.3 Å². The van der Waals surface area contributed by atoms with Gasteiger partial charge in [-0.15, -0.1) is 0 Å². The molecule has 3 aromatic carbocycles. The predicted octanol–water partition coefficient (Wildman–Crippen LogP) is 3.99. The van der Waals surface area contributed by atoms with Crippen molar-refractivity contribution in [1.82, 2.24) is 0 Å². The van der Waals surface area contributed by atoms with Crippen LogP contribution < -0.4 is 19.5 Å². The Hall–Kier alpha value is -2.62. The Morgan fingerprint density at radius 3 is 2.35 bits per heavy atom. The van der Waals surface area contributed by atoms with Gasteiger partial charge in [0.2, 0.25) is 5.75 Å². The molecule has 0 radical (unpaired) electrons. The molecular formula is C19H19NO3. The monoisotopic (exact) mass is 309 g/mol. The maximum Gasteiger partial charge on any atom is 0.204 e. The van der Waals surface area contributed by atoms with E-state index in [1.165, 1.54) is 16.3 Å². The summed E-state index contributed by atoms with van der Waals surface area (Å²) >= 11 is 0. The van der Waals surface area contributed by atoms with Crippen LogP contribution in [0.1, 0.15) is 5.56 Å². The highest BCUT2D eigenvalue weighted by atomic mass is 16.5. The number of anilines is 1. The maximum atomic E-state index is 5.75. The van der Waals surface area contributed by atoms with Gasteiger partial charge in [0, 0.05) is 28.6 Å². The first-order valence-corrected chi connectivity index (χ1v) is 7.70. The van der Waals surface area contributed by atoms with E-state index < -0.39 is 0 Å². The first kappa shape index (κ1) is 14.0.